The lowest BCUT2D eigenvalue weighted by Gasteiger charge is -2.32. The van der Waals surface area contributed by atoms with Crippen molar-refractivity contribution in [1.82, 2.24) is 15.2 Å². The zero-order valence-electron chi connectivity index (χ0n) is 26.6. The van der Waals surface area contributed by atoms with Gasteiger partial charge in [-0.3, -0.25) is 9.59 Å². The number of halogens is 1. The van der Waals surface area contributed by atoms with Crippen LogP contribution in [0, 0.1) is 11.7 Å². The van der Waals surface area contributed by atoms with Gasteiger partial charge in [0.1, 0.15) is 0 Å². The topological polar surface area (TPSA) is 110 Å². The van der Waals surface area contributed by atoms with E-state index in [0.717, 1.165) is 49.9 Å². The number of nitrogens with zero attached hydrogens (tertiary/aromatic N) is 1. The van der Waals surface area contributed by atoms with E-state index in [4.69, 9.17) is 9.47 Å². The highest BCUT2D eigenvalue weighted by atomic mass is 19.1. The van der Waals surface area contributed by atoms with E-state index >= 15 is 0 Å². The Labute approximate surface area is 259 Å². The van der Waals surface area contributed by atoms with Gasteiger partial charge >= 0.3 is 0 Å². The molecule has 0 radical (unpaired) electrons. The maximum absolute atomic E-state index is 14.6. The van der Waals surface area contributed by atoms with Gasteiger partial charge in [0.15, 0.2) is 23.5 Å². The number of benzene rings is 1. The van der Waals surface area contributed by atoms with Crippen LogP contribution in [0.1, 0.15) is 88.2 Å². The number of piperidine rings is 1. The van der Waals surface area contributed by atoms with Crippen molar-refractivity contribution in [2.45, 2.75) is 72.1 Å². The molecule has 238 valence electrons. The number of H-pyrrole nitrogens is 2. The van der Waals surface area contributed by atoms with Gasteiger partial charge in [0.05, 0.1) is 41.9 Å². The Hall–Kier alpha value is -4.08. The number of carbonyl (C=O) groups is 2. The van der Waals surface area contributed by atoms with Gasteiger partial charge < -0.3 is 30.0 Å². The Morgan fingerprint density at radius 1 is 1.23 bits per heavy atom. The van der Waals surface area contributed by atoms with Crippen LogP contribution in [0.2, 0.25) is 0 Å². The Morgan fingerprint density at radius 3 is 2.80 bits per heavy atom. The molecule has 9 nitrogen and oxygen atoms in total. The Kier molecular flexibility index (Phi) is 11.6. The predicted molar refractivity (Wildman–Crippen MR) is 170 cm³/mol. The molecule has 2 unspecified atom stereocenters. The number of nitrogens with one attached hydrogen (secondary N) is 4. The predicted octanol–water partition coefficient (Wildman–Crippen LogP) is 6.46. The summed E-state index contributed by atoms with van der Waals surface area (Å²) >= 11 is 0. The van der Waals surface area contributed by atoms with Crippen LogP contribution in [0.4, 0.5) is 15.8 Å². The smallest absolute Gasteiger partial charge is 0.255 e. The molecular weight excluding hydrogens is 561 g/mol. The van der Waals surface area contributed by atoms with Crippen LogP contribution in [-0.2, 0) is 4.79 Å². The monoisotopic (exact) mass is 608 g/mol. The van der Waals surface area contributed by atoms with Crippen molar-refractivity contribution in [1.29, 1.82) is 0 Å². The first kappa shape index (κ1) is 32.8. The number of amides is 2. The molecule has 0 saturated carbocycles. The third-order valence-electron chi connectivity index (χ3n) is 8.28. The van der Waals surface area contributed by atoms with Gasteiger partial charge in [0.2, 0.25) is 12.1 Å². The molecule has 10 heteroatoms. The minimum absolute atomic E-state index is 0.0647. The summed E-state index contributed by atoms with van der Waals surface area (Å²) in [5.74, 6) is 0.521. The molecule has 1 aromatic carbocycles. The van der Waals surface area contributed by atoms with E-state index < -0.39 is 5.82 Å². The van der Waals surface area contributed by atoms with Crippen LogP contribution < -0.4 is 25.1 Å². The van der Waals surface area contributed by atoms with Crippen molar-refractivity contribution in [2.75, 3.05) is 38.7 Å². The lowest BCUT2D eigenvalue weighted by molar-refractivity contribution is -0.378. The number of para-hydroxylation sites is 1. The number of aromatic nitrogens is 2. The fourth-order valence-electron chi connectivity index (χ4n) is 5.96. The van der Waals surface area contributed by atoms with Gasteiger partial charge in [-0.05, 0) is 37.8 Å². The molecule has 4 heterocycles. The van der Waals surface area contributed by atoms with Crippen LogP contribution in [0.25, 0.3) is 11.3 Å². The molecular formula is C34H47FN5O4+. The molecule has 3 aromatic rings. The standard InChI is InChI=1S/C32H40FN5O4.C2H6/c1-4-6-12-26(39)38-15-8-9-20(18-38)19-42-25-17-34-14-13-22(25)29-30(36-24-11-7-10-23(33)31(24)41-3)27-28(37-29)21(5-2)16-35-32(27)40;1-2/h7,10-11,13-14,17,20-21,36-37H,4-6,8-9,12,15-16,18-19H2,1-3H3,(H,35,40);1-2H3/p+1. The summed E-state index contributed by atoms with van der Waals surface area (Å²) in [4.78, 5) is 34.5. The normalized spacial score (nSPS) is 17.6. The number of methoxy groups -OCH3 is 1. The molecule has 2 aliphatic rings. The number of fused-ring (bicyclic) bond motifs is 1. The average molecular weight is 609 g/mol. The number of unbranched alkanes of at least 4 members (excludes halogenated alkanes) is 1. The van der Waals surface area contributed by atoms with E-state index in [-0.39, 0.29) is 29.4 Å². The highest BCUT2D eigenvalue weighted by Crippen LogP contribution is 2.44. The molecule has 2 aromatic heterocycles. The van der Waals surface area contributed by atoms with Crippen molar-refractivity contribution < 1.29 is 28.4 Å². The summed E-state index contributed by atoms with van der Waals surface area (Å²) in [6, 6.07) is 6.55. The number of anilines is 2. The number of carbonyl (C=O) groups excluding carboxylic acids is 2. The maximum Gasteiger partial charge on any atom is 0.255 e. The van der Waals surface area contributed by atoms with E-state index in [1.807, 2.05) is 24.8 Å². The van der Waals surface area contributed by atoms with Gasteiger partial charge in [-0.15, -0.1) is 0 Å². The van der Waals surface area contributed by atoms with Crippen LogP contribution in [0.15, 0.2) is 36.7 Å². The Bertz CT molecular complexity index is 1420. The van der Waals surface area contributed by atoms with Gasteiger partial charge in [-0.1, -0.05) is 40.2 Å². The number of ether oxygens (including phenoxy) is 2. The molecule has 1 fully saturated rings. The van der Waals surface area contributed by atoms with E-state index in [1.54, 1.807) is 24.5 Å². The third-order valence-corrected chi connectivity index (χ3v) is 8.28. The second-order valence-corrected chi connectivity index (χ2v) is 11.1. The third kappa shape index (κ3) is 7.17. The summed E-state index contributed by atoms with van der Waals surface area (Å²) in [6.45, 7) is 10.7. The maximum atomic E-state index is 14.6. The van der Waals surface area contributed by atoms with Gasteiger partial charge in [0.25, 0.3) is 5.91 Å². The molecule has 1 saturated heterocycles. The molecule has 4 N–H and O–H groups in total. The SMILES string of the molecule is CC.CCCCC(=O)N1CCCC(COc2c[nH+]ccc2-c2[nH]c3c(c2Nc2cccc(F)c2OC)C(=O)NCC3CC)C1. The number of pyridine rings is 1. The van der Waals surface area contributed by atoms with E-state index in [0.29, 0.717) is 54.5 Å². The highest BCUT2D eigenvalue weighted by Gasteiger charge is 2.33. The van der Waals surface area contributed by atoms with E-state index in [2.05, 4.69) is 34.4 Å². The van der Waals surface area contributed by atoms with Crippen molar-refractivity contribution in [2.24, 2.45) is 5.92 Å². The zero-order valence-corrected chi connectivity index (χ0v) is 26.6. The molecule has 0 aliphatic carbocycles. The van der Waals surface area contributed by atoms with Gasteiger partial charge in [0, 0.05) is 49.7 Å². The molecule has 2 aliphatic heterocycles. The van der Waals surface area contributed by atoms with Crippen LogP contribution in [0.5, 0.6) is 11.5 Å². The molecule has 2 atom stereocenters. The van der Waals surface area contributed by atoms with Crippen molar-refractivity contribution in [3.05, 3.63) is 53.7 Å². The average Bonchev–Trinajstić information content (AvgIpc) is 3.44. The van der Waals surface area contributed by atoms with Gasteiger partial charge in [-0.2, -0.15) is 0 Å². The van der Waals surface area contributed by atoms with E-state index in [1.165, 1.54) is 13.2 Å². The first-order valence-corrected chi connectivity index (χ1v) is 16.0. The summed E-state index contributed by atoms with van der Waals surface area (Å²) in [7, 11) is 1.42. The molecule has 0 bridgehead atoms. The van der Waals surface area contributed by atoms with Crippen molar-refractivity contribution in [3.63, 3.8) is 0 Å². The van der Waals surface area contributed by atoms with Crippen molar-refractivity contribution >= 4 is 23.2 Å². The number of hydrogen-bond donors (Lipinski definition) is 3. The van der Waals surface area contributed by atoms with Crippen LogP contribution in [0.3, 0.4) is 0 Å². The summed E-state index contributed by atoms with van der Waals surface area (Å²) in [5, 5.41) is 6.32. The van der Waals surface area contributed by atoms with Crippen LogP contribution >= 0.6 is 0 Å². The Morgan fingerprint density at radius 2 is 2.05 bits per heavy atom. The van der Waals surface area contributed by atoms with Crippen molar-refractivity contribution in [3.8, 4) is 22.8 Å². The Balaban J connectivity index is 0.00000216. The highest BCUT2D eigenvalue weighted by molar-refractivity contribution is 6.07. The number of likely N-dealkylation sites (tertiary alicyclic amines) is 1. The molecule has 2 amide bonds. The second kappa shape index (κ2) is 15.6. The van der Waals surface area contributed by atoms with Gasteiger partial charge in [-0.25, -0.2) is 9.37 Å². The summed E-state index contributed by atoms with van der Waals surface area (Å²) in [6.07, 6.45) is 8.89. The summed E-state index contributed by atoms with van der Waals surface area (Å²) < 4.78 is 26.4. The first-order chi connectivity index (χ1) is 21.4. The molecule has 0 spiro atoms. The number of rotatable bonds is 11. The number of hydrogen-bond acceptors (Lipinski definition) is 5. The zero-order chi connectivity index (χ0) is 31.6. The quantitative estimate of drug-likeness (QED) is 0.232. The summed E-state index contributed by atoms with van der Waals surface area (Å²) in [5.41, 5.74) is 3.71. The minimum Gasteiger partial charge on any atom is -0.492 e. The largest absolute Gasteiger partial charge is 0.492 e. The second-order valence-electron chi connectivity index (χ2n) is 11.1. The van der Waals surface area contributed by atoms with E-state index in [9.17, 15) is 14.0 Å². The first-order valence-electron chi connectivity index (χ1n) is 16.0. The molecule has 5 rings (SSSR count). The molecule has 44 heavy (non-hydrogen) atoms. The fourth-order valence-corrected chi connectivity index (χ4v) is 5.96. The lowest BCUT2D eigenvalue weighted by Crippen LogP contribution is -2.41. The minimum atomic E-state index is -0.502. The fraction of sp³-hybridized carbons (Fsp3) is 0.500. The lowest BCUT2D eigenvalue weighted by atomic mass is 9.94. The number of aromatic amines is 2. The van der Waals surface area contributed by atoms with Crippen LogP contribution in [-0.4, -0.2) is 55.0 Å².